The fourth-order valence-electron chi connectivity index (χ4n) is 3.45. The van der Waals surface area contributed by atoms with Crippen LogP contribution in [0, 0.1) is 5.92 Å². The molecule has 0 aromatic heterocycles. The zero-order valence-corrected chi connectivity index (χ0v) is 13.0. The van der Waals surface area contributed by atoms with Gasteiger partial charge in [-0.3, -0.25) is 9.69 Å². The highest BCUT2D eigenvalue weighted by molar-refractivity contribution is 6.30. The van der Waals surface area contributed by atoms with Crippen LogP contribution in [0.3, 0.4) is 0 Å². The first-order valence-corrected chi connectivity index (χ1v) is 8.23. The van der Waals surface area contributed by atoms with E-state index in [9.17, 15) is 4.79 Å². The Balaban J connectivity index is 1.64. The Bertz CT molecular complexity index is 482. The van der Waals surface area contributed by atoms with Crippen molar-refractivity contribution >= 4 is 17.4 Å². The fraction of sp³-hybridized carbons (Fsp3) is 0.588. The third-order valence-corrected chi connectivity index (χ3v) is 4.91. The standard InChI is InChI=1S/C17H22ClNO2/c18-15-5-3-13(4-6-15)17(20)14-2-1-9-19(12-14)16-7-10-21-11-8-16/h3-6,14,16H,1-2,7-12H2/t14-/m1/s1. The molecule has 0 saturated carbocycles. The van der Waals surface area contributed by atoms with E-state index in [-0.39, 0.29) is 11.7 Å². The van der Waals surface area contributed by atoms with Crippen molar-refractivity contribution in [1.82, 2.24) is 4.90 Å². The summed E-state index contributed by atoms with van der Waals surface area (Å²) in [5.41, 5.74) is 0.790. The molecule has 1 aromatic rings. The maximum Gasteiger partial charge on any atom is 0.167 e. The number of piperidine rings is 1. The topological polar surface area (TPSA) is 29.5 Å². The van der Waals surface area contributed by atoms with E-state index in [4.69, 9.17) is 16.3 Å². The summed E-state index contributed by atoms with van der Waals surface area (Å²) in [6, 6.07) is 7.89. The van der Waals surface area contributed by atoms with Crippen LogP contribution < -0.4 is 0 Å². The number of hydrogen-bond donors (Lipinski definition) is 0. The minimum Gasteiger partial charge on any atom is -0.381 e. The summed E-state index contributed by atoms with van der Waals surface area (Å²) in [5.74, 6) is 0.395. The zero-order chi connectivity index (χ0) is 14.7. The summed E-state index contributed by atoms with van der Waals surface area (Å²) >= 11 is 5.90. The van der Waals surface area contributed by atoms with E-state index in [2.05, 4.69) is 4.90 Å². The minimum absolute atomic E-state index is 0.128. The van der Waals surface area contributed by atoms with E-state index in [1.807, 2.05) is 12.1 Å². The van der Waals surface area contributed by atoms with Gasteiger partial charge in [-0.2, -0.15) is 0 Å². The molecule has 21 heavy (non-hydrogen) atoms. The number of halogens is 1. The van der Waals surface area contributed by atoms with Crippen LogP contribution in [-0.4, -0.2) is 43.0 Å². The molecule has 2 aliphatic heterocycles. The number of benzene rings is 1. The summed E-state index contributed by atoms with van der Waals surface area (Å²) < 4.78 is 5.44. The van der Waals surface area contributed by atoms with Gasteiger partial charge >= 0.3 is 0 Å². The molecule has 0 spiro atoms. The fourth-order valence-corrected chi connectivity index (χ4v) is 3.58. The first-order chi connectivity index (χ1) is 10.2. The van der Waals surface area contributed by atoms with Crippen molar-refractivity contribution in [3.05, 3.63) is 34.9 Å². The molecule has 0 amide bonds. The SMILES string of the molecule is O=C(c1ccc(Cl)cc1)[C@@H]1CCCN(C2CCOCC2)C1. The van der Waals surface area contributed by atoms with Gasteiger partial charge in [0, 0.05) is 42.3 Å². The average molecular weight is 308 g/mol. The van der Waals surface area contributed by atoms with Crippen molar-refractivity contribution in [3.8, 4) is 0 Å². The molecule has 0 bridgehead atoms. The van der Waals surface area contributed by atoms with E-state index in [0.717, 1.165) is 57.6 Å². The molecule has 2 fully saturated rings. The molecule has 0 aliphatic carbocycles. The average Bonchev–Trinajstić information content (AvgIpc) is 2.56. The van der Waals surface area contributed by atoms with Crippen molar-refractivity contribution in [2.45, 2.75) is 31.7 Å². The maximum absolute atomic E-state index is 12.6. The number of ether oxygens (including phenoxy) is 1. The van der Waals surface area contributed by atoms with Crippen molar-refractivity contribution in [2.75, 3.05) is 26.3 Å². The number of rotatable bonds is 3. The highest BCUT2D eigenvalue weighted by Crippen LogP contribution is 2.26. The summed E-state index contributed by atoms with van der Waals surface area (Å²) in [4.78, 5) is 15.1. The largest absolute Gasteiger partial charge is 0.381 e. The van der Waals surface area contributed by atoms with Crippen LogP contribution in [0.15, 0.2) is 24.3 Å². The second-order valence-electron chi connectivity index (χ2n) is 6.05. The Labute approximate surface area is 131 Å². The zero-order valence-electron chi connectivity index (χ0n) is 12.3. The molecule has 4 heteroatoms. The van der Waals surface area contributed by atoms with Gasteiger partial charge in [0.15, 0.2) is 5.78 Å². The molecule has 0 N–H and O–H groups in total. The third kappa shape index (κ3) is 3.65. The molecule has 3 nitrogen and oxygen atoms in total. The molecular weight excluding hydrogens is 286 g/mol. The van der Waals surface area contributed by atoms with Gasteiger partial charge < -0.3 is 4.74 Å². The van der Waals surface area contributed by atoms with Gasteiger partial charge in [0.2, 0.25) is 0 Å². The lowest BCUT2D eigenvalue weighted by molar-refractivity contribution is 0.0183. The molecule has 2 heterocycles. The molecule has 2 saturated heterocycles. The summed E-state index contributed by atoms with van der Waals surface area (Å²) in [5, 5.41) is 0.680. The smallest absolute Gasteiger partial charge is 0.167 e. The van der Waals surface area contributed by atoms with Gasteiger partial charge in [0.25, 0.3) is 0 Å². The Morgan fingerprint density at radius 3 is 2.57 bits per heavy atom. The van der Waals surface area contributed by atoms with Crippen LogP contribution in [0.2, 0.25) is 5.02 Å². The summed E-state index contributed by atoms with van der Waals surface area (Å²) in [6.07, 6.45) is 4.31. The molecule has 0 radical (unpaired) electrons. The molecule has 114 valence electrons. The molecule has 2 aliphatic rings. The molecule has 1 atom stereocenters. The van der Waals surface area contributed by atoms with Gasteiger partial charge in [-0.25, -0.2) is 0 Å². The van der Waals surface area contributed by atoms with Gasteiger partial charge in [-0.1, -0.05) is 11.6 Å². The second-order valence-corrected chi connectivity index (χ2v) is 6.49. The number of carbonyl (C=O) groups is 1. The summed E-state index contributed by atoms with van der Waals surface area (Å²) in [6.45, 7) is 3.73. The number of ketones is 1. The normalized spacial score (nSPS) is 24.9. The lowest BCUT2D eigenvalue weighted by Gasteiger charge is -2.39. The second kappa shape index (κ2) is 6.91. The van der Waals surface area contributed by atoms with Gasteiger partial charge in [0.1, 0.15) is 0 Å². The number of likely N-dealkylation sites (tertiary alicyclic amines) is 1. The van der Waals surface area contributed by atoms with E-state index >= 15 is 0 Å². The number of carbonyl (C=O) groups excluding carboxylic acids is 1. The van der Waals surface area contributed by atoms with E-state index in [1.165, 1.54) is 0 Å². The van der Waals surface area contributed by atoms with E-state index in [1.54, 1.807) is 12.1 Å². The van der Waals surface area contributed by atoms with Crippen LogP contribution in [0.25, 0.3) is 0 Å². The number of Topliss-reactive ketones (excluding diaryl/α,β-unsaturated/α-hetero) is 1. The van der Waals surface area contributed by atoms with Gasteiger partial charge in [-0.15, -0.1) is 0 Å². The maximum atomic E-state index is 12.6. The van der Waals surface area contributed by atoms with Crippen LogP contribution in [-0.2, 0) is 4.74 Å². The predicted octanol–water partition coefficient (Wildman–Crippen LogP) is 3.41. The molecule has 0 unspecified atom stereocenters. The molecular formula is C17H22ClNO2. The first kappa shape index (κ1) is 15.0. The lowest BCUT2D eigenvalue weighted by atomic mass is 9.88. The van der Waals surface area contributed by atoms with Crippen molar-refractivity contribution < 1.29 is 9.53 Å². The van der Waals surface area contributed by atoms with Crippen LogP contribution in [0.1, 0.15) is 36.0 Å². The highest BCUT2D eigenvalue weighted by atomic mass is 35.5. The Hall–Kier alpha value is -0.900. The van der Waals surface area contributed by atoms with Crippen LogP contribution in [0.5, 0.6) is 0 Å². The van der Waals surface area contributed by atoms with Crippen LogP contribution >= 0.6 is 11.6 Å². The molecule has 3 rings (SSSR count). The van der Waals surface area contributed by atoms with Crippen molar-refractivity contribution in [2.24, 2.45) is 5.92 Å². The van der Waals surface area contributed by atoms with Gasteiger partial charge in [0.05, 0.1) is 0 Å². The Morgan fingerprint density at radius 1 is 1.14 bits per heavy atom. The number of hydrogen-bond acceptors (Lipinski definition) is 3. The Kier molecular flexibility index (Phi) is 4.94. The number of nitrogens with zero attached hydrogens (tertiary/aromatic N) is 1. The quantitative estimate of drug-likeness (QED) is 0.801. The van der Waals surface area contributed by atoms with E-state index in [0.29, 0.717) is 11.1 Å². The summed E-state index contributed by atoms with van der Waals surface area (Å²) in [7, 11) is 0. The minimum atomic E-state index is 0.128. The van der Waals surface area contributed by atoms with Crippen LogP contribution in [0.4, 0.5) is 0 Å². The van der Waals surface area contributed by atoms with Crippen molar-refractivity contribution in [1.29, 1.82) is 0 Å². The highest BCUT2D eigenvalue weighted by Gasteiger charge is 2.30. The monoisotopic (exact) mass is 307 g/mol. The van der Waals surface area contributed by atoms with Crippen molar-refractivity contribution in [3.63, 3.8) is 0 Å². The first-order valence-electron chi connectivity index (χ1n) is 7.85. The van der Waals surface area contributed by atoms with E-state index < -0.39 is 0 Å². The lowest BCUT2D eigenvalue weighted by Crippen LogP contribution is -2.46. The molecule has 1 aromatic carbocycles. The Morgan fingerprint density at radius 2 is 1.86 bits per heavy atom. The predicted molar refractivity (Wildman–Crippen MR) is 83.9 cm³/mol. The third-order valence-electron chi connectivity index (χ3n) is 4.66. The van der Waals surface area contributed by atoms with Gasteiger partial charge in [-0.05, 0) is 56.5 Å².